The minimum Gasteiger partial charge on any atom is -0.375 e. The first-order valence-electron chi connectivity index (χ1n) is 8.64. The summed E-state index contributed by atoms with van der Waals surface area (Å²) < 4.78 is 0. The number of nitrogens with two attached hydrogens (primary N) is 1. The highest BCUT2D eigenvalue weighted by atomic mass is 16.3. The zero-order valence-electron chi connectivity index (χ0n) is 14.6. The van der Waals surface area contributed by atoms with Gasteiger partial charge in [-0.1, -0.05) is 5.57 Å². The van der Waals surface area contributed by atoms with Crippen molar-refractivity contribution >= 4 is 17.5 Å². The number of nitroso groups, excluding NO2 is 1. The molecule has 1 heterocycles. The summed E-state index contributed by atoms with van der Waals surface area (Å²) in [5.74, 6) is -3.41. The van der Waals surface area contributed by atoms with Crippen molar-refractivity contribution in [3.63, 3.8) is 0 Å². The molecule has 0 aliphatic heterocycles. The molecule has 1 amide bonds. The number of Topliss-reactive ketones (excluding diaryl/α,β-unsaturated/α-hetero) is 2. The van der Waals surface area contributed by atoms with Gasteiger partial charge in [-0.15, -0.1) is 4.91 Å². The minimum atomic E-state index is -2.31. The Balaban J connectivity index is 1.95. The second-order valence-corrected chi connectivity index (χ2v) is 7.33. The van der Waals surface area contributed by atoms with Crippen LogP contribution < -0.4 is 5.73 Å². The molecule has 8 heteroatoms. The molecule has 138 valence electrons. The molecule has 4 rings (SSSR count). The summed E-state index contributed by atoms with van der Waals surface area (Å²) in [6.07, 6.45) is 2.53. The van der Waals surface area contributed by atoms with Crippen LogP contribution in [0.25, 0.3) is 0 Å². The van der Waals surface area contributed by atoms with Crippen LogP contribution in [0.3, 0.4) is 0 Å². The lowest BCUT2D eigenvalue weighted by atomic mass is 9.59. The quantitative estimate of drug-likeness (QED) is 0.590. The highest BCUT2D eigenvalue weighted by molar-refractivity contribution is 6.24. The van der Waals surface area contributed by atoms with Crippen LogP contribution in [-0.2, 0) is 16.0 Å². The summed E-state index contributed by atoms with van der Waals surface area (Å²) in [5, 5.41) is 14.2. The van der Waals surface area contributed by atoms with Gasteiger partial charge in [0, 0.05) is 23.3 Å². The Morgan fingerprint density at radius 3 is 2.78 bits per heavy atom. The number of primary amides is 1. The molecule has 0 saturated heterocycles. The fourth-order valence-electron chi connectivity index (χ4n) is 4.71. The number of hydrogen-bond acceptors (Lipinski definition) is 7. The van der Waals surface area contributed by atoms with Gasteiger partial charge in [0.25, 0.3) is 5.91 Å². The van der Waals surface area contributed by atoms with Gasteiger partial charge in [0.05, 0.1) is 11.3 Å². The van der Waals surface area contributed by atoms with Gasteiger partial charge in [-0.3, -0.25) is 19.4 Å². The highest BCUT2D eigenvalue weighted by Crippen LogP contribution is 2.51. The molecule has 0 radical (unpaired) electrons. The number of amides is 1. The van der Waals surface area contributed by atoms with E-state index in [1.807, 2.05) is 0 Å². The van der Waals surface area contributed by atoms with E-state index in [4.69, 9.17) is 5.73 Å². The van der Waals surface area contributed by atoms with Crippen molar-refractivity contribution in [1.82, 2.24) is 4.98 Å². The minimum absolute atomic E-state index is 0.0426. The molecule has 3 atom stereocenters. The monoisotopic (exact) mass is 367 g/mol. The summed E-state index contributed by atoms with van der Waals surface area (Å²) in [4.78, 5) is 53.7. The fourth-order valence-corrected chi connectivity index (χ4v) is 4.71. The molecule has 0 saturated carbocycles. The number of pyridine rings is 1. The number of ketones is 2. The van der Waals surface area contributed by atoms with Crippen molar-refractivity contribution in [2.75, 3.05) is 0 Å². The van der Waals surface area contributed by atoms with Crippen LogP contribution in [0.1, 0.15) is 35.8 Å². The van der Waals surface area contributed by atoms with E-state index in [1.54, 1.807) is 25.3 Å². The Kier molecular flexibility index (Phi) is 3.71. The van der Waals surface area contributed by atoms with Gasteiger partial charge in [0.1, 0.15) is 5.70 Å². The molecule has 3 aliphatic rings. The molecule has 0 aromatic carbocycles. The van der Waals surface area contributed by atoms with Gasteiger partial charge in [-0.2, -0.15) is 0 Å². The fraction of sp³-hybridized carbons (Fsp3) is 0.368. The summed E-state index contributed by atoms with van der Waals surface area (Å²) in [7, 11) is 0. The van der Waals surface area contributed by atoms with Crippen molar-refractivity contribution in [1.29, 1.82) is 0 Å². The van der Waals surface area contributed by atoms with E-state index in [9.17, 15) is 24.4 Å². The molecule has 8 nitrogen and oxygen atoms in total. The van der Waals surface area contributed by atoms with Gasteiger partial charge in [0.2, 0.25) is 5.78 Å². The smallest absolute Gasteiger partial charge is 0.252 e. The van der Waals surface area contributed by atoms with E-state index in [0.717, 1.165) is 0 Å². The number of rotatable bonds is 2. The van der Waals surface area contributed by atoms with Gasteiger partial charge in [0.15, 0.2) is 11.4 Å². The van der Waals surface area contributed by atoms with Crippen LogP contribution in [0.2, 0.25) is 0 Å². The van der Waals surface area contributed by atoms with E-state index >= 15 is 0 Å². The van der Waals surface area contributed by atoms with Gasteiger partial charge in [-0.05, 0) is 49.4 Å². The summed E-state index contributed by atoms with van der Waals surface area (Å²) in [6, 6.07) is 3.20. The van der Waals surface area contributed by atoms with Crippen LogP contribution in [0, 0.1) is 16.7 Å². The first kappa shape index (κ1) is 17.4. The third-order valence-corrected chi connectivity index (χ3v) is 5.89. The average molecular weight is 367 g/mol. The SMILES string of the molecule is CC1=C(C(N)=O)C(=O)[C@@]2(O)C(N=O)=C3C(=O)c4cccnc4CC3C[C@H]2C1. The number of aliphatic hydroxyl groups is 1. The molecule has 27 heavy (non-hydrogen) atoms. The maximum absolute atomic E-state index is 13.0. The molecule has 0 fully saturated rings. The summed E-state index contributed by atoms with van der Waals surface area (Å²) in [6.45, 7) is 1.60. The molecular formula is C19H17N3O5. The number of carbonyl (C=O) groups is 3. The van der Waals surface area contributed by atoms with Gasteiger partial charge in [-0.25, -0.2) is 0 Å². The van der Waals surface area contributed by atoms with Crippen molar-refractivity contribution in [3.8, 4) is 0 Å². The largest absolute Gasteiger partial charge is 0.375 e. The predicted molar refractivity (Wildman–Crippen MR) is 93.2 cm³/mol. The molecule has 1 unspecified atom stereocenters. The van der Waals surface area contributed by atoms with Crippen LogP contribution in [0.5, 0.6) is 0 Å². The Bertz CT molecular complexity index is 993. The molecule has 3 N–H and O–H groups in total. The second kappa shape index (κ2) is 5.75. The van der Waals surface area contributed by atoms with E-state index in [-0.39, 0.29) is 23.5 Å². The second-order valence-electron chi connectivity index (χ2n) is 7.33. The Hall–Kier alpha value is -3.00. The van der Waals surface area contributed by atoms with E-state index < -0.39 is 34.7 Å². The number of fused-ring (bicyclic) bond motifs is 3. The van der Waals surface area contributed by atoms with Gasteiger partial charge >= 0.3 is 0 Å². The molecular weight excluding hydrogens is 350 g/mol. The summed E-state index contributed by atoms with van der Waals surface area (Å²) >= 11 is 0. The number of carbonyl (C=O) groups excluding carboxylic acids is 3. The standard InChI is InChI=1S/C19H17N3O5/c1-8-5-10-6-9-7-12-11(3-2-4-21-12)15(23)14(9)16(22-27)19(10,26)17(24)13(8)18(20)25/h2-4,9-10,26H,5-7H2,1H3,(H2,20,25)/t9?,10-,19+/m1/s1. The third-order valence-electron chi connectivity index (χ3n) is 5.89. The number of allylic oxidation sites excluding steroid dienone is 2. The van der Waals surface area contributed by atoms with Crippen molar-refractivity contribution < 1.29 is 19.5 Å². The molecule has 0 spiro atoms. The van der Waals surface area contributed by atoms with Gasteiger partial charge < -0.3 is 10.8 Å². The highest BCUT2D eigenvalue weighted by Gasteiger charge is 2.59. The maximum Gasteiger partial charge on any atom is 0.252 e. The third kappa shape index (κ3) is 2.19. The topological polar surface area (TPSA) is 140 Å². The number of nitrogens with zero attached hydrogens (tertiary/aromatic N) is 2. The maximum atomic E-state index is 13.0. The zero-order valence-corrected chi connectivity index (χ0v) is 14.6. The lowest BCUT2D eigenvalue weighted by molar-refractivity contribution is -0.139. The number of hydrogen-bond donors (Lipinski definition) is 2. The Morgan fingerprint density at radius 1 is 1.37 bits per heavy atom. The first-order chi connectivity index (χ1) is 12.8. The van der Waals surface area contributed by atoms with Crippen molar-refractivity contribution in [2.45, 2.75) is 31.8 Å². The van der Waals surface area contributed by atoms with Crippen molar-refractivity contribution in [3.05, 3.63) is 56.9 Å². The first-order valence-corrected chi connectivity index (χ1v) is 8.64. The van der Waals surface area contributed by atoms with Crippen LogP contribution in [0.4, 0.5) is 0 Å². The van der Waals surface area contributed by atoms with E-state index in [1.165, 1.54) is 0 Å². The van der Waals surface area contributed by atoms with E-state index in [2.05, 4.69) is 10.2 Å². The Morgan fingerprint density at radius 2 is 2.11 bits per heavy atom. The van der Waals surface area contributed by atoms with Crippen LogP contribution >= 0.6 is 0 Å². The van der Waals surface area contributed by atoms with Crippen LogP contribution in [-0.4, -0.2) is 33.2 Å². The molecule has 3 aliphatic carbocycles. The molecule has 1 aromatic heterocycles. The molecule has 0 bridgehead atoms. The van der Waals surface area contributed by atoms with Crippen molar-refractivity contribution in [2.24, 2.45) is 22.7 Å². The number of aromatic nitrogens is 1. The van der Waals surface area contributed by atoms with Crippen LogP contribution in [0.15, 0.2) is 45.9 Å². The lowest BCUT2D eigenvalue weighted by Gasteiger charge is -2.45. The average Bonchev–Trinajstić information content (AvgIpc) is 2.62. The predicted octanol–water partition coefficient (Wildman–Crippen LogP) is 0.983. The normalized spacial score (nSPS) is 29.9. The summed E-state index contributed by atoms with van der Waals surface area (Å²) in [5.41, 5.74) is 3.66. The lowest BCUT2D eigenvalue weighted by Crippen LogP contribution is -2.56. The molecule has 1 aromatic rings. The zero-order chi connectivity index (χ0) is 19.5. The Labute approximate surface area is 154 Å². The van der Waals surface area contributed by atoms with E-state index in [0.29, 0.717) is 29.7 Å².